The van der Waals surface area contributed by atoms with Gasteiger partial charge in [-0.25, -0.2) is 0 Å². The molecule has 1 amide bonds. The zero-order valence-corrected chi connectivity index (χ0v) is 10.4. The van der Waals surface area contributed by atoms with Gasteiger partial charge in [0.05, 0.1) is 0 Å². The van der Waals surface area contributed by atoms with Gasteiger partial charge in [-0.3, -0.25) is 9.59 Å². The lowest BCUT2D eigenvalue weighted by Crippen LogP contribution is -2.20. The van der Waals surface area contributed by atoms with E-state index in [-0.39, 0.29) is 17.6 Å². The molecule has 90 valence electrons. The third-order valence-corrected chi connectivity index (χ3v) is 3.45. The SMILES string of the molecule is CC(=O)c1ccc(Cl)c(CC2CCNC2=O)c1. The van der Waals surface area contributed by atoms with Crippen LogP contribution in [0.2, 0.25) is 5.02 Å². The summed E-state index contributed by atoms with van der Waals surface area (Å²) in [4.78, 5) is 22.8. The number of halogens is 1. The highest BCUT2D eigenvalue weighted by Gasteiger charge is 2.25. The van der Waals surface area contributed by atoms with Crippen molar-refractivity contribution in [3.05, 3.63) is 34.3 Å². The van der Waals surface area contributed by atoms with Gasteiger partial charge in [-0.2, -0.15) is 0 Å². The predicted molar refractivity (Wildman–Crippen MR) is 66.3 cm³/mol. The quantitative estimate of drug-likeness (QED) is 0.838. The third kappa shape index (κ3) is 2.67. The molecule has 1 unspecified atom stereocenters. The maximum Gasteiger partial charge on any atom is 0.223 e. The average molecular weight is 252 g/mol. The summed E-state index contributed by atoms with van der Waals surface area (Å²) >= 11 is 6.08. The summed E-state index contributed by atoms with van der Waals surface area (Å²) in [5, 5.41) is 3.42. The van der Waals surface area contributed by atoms with Crippen LogP contribution in [0.4, 0.5) is 0 Å². The van der Waals surface area contributed by atoms with Crippen LogP contribution in [0.25, 0.3) is 0 Å². The second kappa shape index (κ2) is 4.88. The van der Waals surface area contributed by atoms with Gasteiger partial charge in [0.15, 0.2) is 5.78 Å². The Hall–Kier alpha value is -1.35. The smallest absolute Gasteiger partial charge is 0.223 e. The van der Waals surface area contributed by atoms with E-state index in [0.29, 0.717) is 17.0 Å². The summed E-state index contributed by atoms with van der Waals surface area (Å²) in [7, 11) is 0. The Bertz CT molecular complexity index is 470. The minimum atomic E-state index is -0.0188. The molecule has 0 saturated carbocycles. The van der Waals surface area contributed by atoms with Crippen molar-refractivity contribution < 1.29 is 9.59 Å². The molecule has 3 nitrogen and oxygen atoms in total. The molecule has 0 aromatic heterocycles. The highest BCUT2D eigenvalue weighted by molar-refractivity contribution is 6.31. The van der Waals surface area contributed by atoms with Crippen molar-refractivity contribution in [2.24, 2.45) is 5.92 Å². The first-order chi connectivity index (χ1) is 8.08. The molecule has 1 N–H and O–H groups in total. The van der Waals surface area contributed by atoms with E-state index in [0.717, 1.165) is 18.5 Å². The van der Waals surface area contributed by atoms with E-state index in [2.05, 4.69) is 5.32 Å². The van der Waals surface area contributed by atoms with Crippen molar-refractivity contribution in [1.29, 1.82) is 0 Å². The molecule has 1 aliphatic rings. The van der Waals surface area contributed by atoms with Crippen LogP contribution >= 0.6 is 11.6 Å². The standard InChI is InChI=1S/C13H14ClNO2/c1-8(16)9-2-3-12(14)11(6-9)7-10-4-5-15-13(10)17/h2-3,6,10H,4-5,7H2,1H3,(H,15,17). The van der Waals surface area contributed by atoms with Crippen molar-refractivity contribution in [1.82, 2.24) is 5.32 Å². The Morgan fingerprint density at radius 1 is 1.53 bits per heavy atom. The van der Waals surface area contributed by atoms with Crippen molar-refractivity contribution in [2.45, 2.75) is 19.8 Å². The van der Waals surface area contributed by atoms with Crippen LogP contribution in [0.3, 0.4) is 0 Å². The van der Waals surface area contributed by atoms with E-state index < -0.39 is 0 Å². The van der Waals surface area contributed by atoms with Crippen LogP contribution < -0.4 is 5.32 Å². The first kappa shape index (κ1) is 12.1. The summed E-state index contributed by atoms with van der Waals surface area (Å²) < 4.78 is 0. The van der Waals surface area contributed by atoms with Gasteiger partial charge in [0.25, 0.3) is 0 Å². The van der Waals surface area contributed by atoms with Crippen LogP contribution in [0.1, 0.15) is 29.3 Å². The highest BCUT2D eigenvalue weighted by atomic mass is 35.5. The maximum atomic E-state index is 11.5. The number of nitrogens with one attached hydrogen (secondary N) is 1. The largest absolute Gasteiger partial charge is 0.356 e. The lowest BCUT2D eigenvalue weighted by molar-refractivity contribution is -0.122. The molecule has 1 aromatic carbocycles. The Kier molecular flexibility index (Phi) is 3.48. The molecule has 0 aliphatic carbocycles. The van der Waals surface area contributed by atoms with E-state index in [4.69, 9.17) is 11.6 Å². The Morgan fingerprint density at radius 2 is 2.29 bits per heavy atom. The summed E-state index contributed by atoms with van der Waals surface area (Å²) in [6, 6.07) is 5.22. The number of hydrogen-bond acceptors (Lipinski definition) is 2. The predicted octanol–water partition coefficient (Wildman–Crippen LogP) is 2.22. The second-order valence-electron chi connectivity index (χ2n) is 4.34. The molecule has 4 heteroatoms. The van der Waals surface area contributed by atoms with Crippen LogP contribution in [-0.2, 0) is 11.2 Å². The third-order valence-electron chi connectivity index (χ3n) is 3.08. The molecular formula is C13H14ClNO2. The van der Waals surface area contributed by atoms with Crippen LogP contribution in [0.15, 0.2) is 18.2 Å². The van der Waals surface area contributed by atoms with E-state index in [1.807, 2.05) is 0 Å². The highest BCUT2D eigenvalue weighted by Crippen LogP contribution is 2.24. The average Bonchev–Trinajstić information content (AvgIpc) is 2.67. The topological polar surface area (TPSA) is 46.2 Å². The van der Waals surface area contributed by atoms with Gasteiger partial charge in [0.1, 0.15) is 0 Å². The van der Waals surface area contributed by atoms with Gasteiger partial charge < -0.3 is 5.32 Å². The number of ketones is 1. The number of Topliss-reactive ketones (excluding diaryl/α,β-unsaturated/α-hetero) is 1. The number of benzene rings is 1. The first-order valence-corrected chi connectivity index (χ1v) is 6.03. The van der Waals surface area contributed by atoms with Gasteiger partial charge in [-0.1, -0.05) is 11.6 Å². The molecule has 1 fully saturated rings. The van der Waals surface area contributed by atoms with E-state index in [9.17, 15) is 9.59 Å². The first-order valence-electron chi connectivity index (χ1n) is 5.65. The lowest BCUT2D eigenvalue weighted by Gasteiger charge is -2.09. The van der Waals surface area contributed by atoms with E-state index >= 15 is 0 Å². The minimum Gasteiger partial charge on any atom is -0.356 e. The van der Waals surface area contributed by atoms with Gasteiger partial charge in [-0.05, 0) is 43.5 Å². The number of amides is 1. The monoisotopic (exact) mass is 251 g/mol. The van der Waals surface area contributed by atoms with Crippen molar-refractivity contribution in [2.75, 3.05) is 6.54 Å². The van der Waals surface area contributed by atoms with Gasteiger partial charge in [-0.15, -0.1) is 0 Å². The molecule has 2 rings (SSSR count). The van der Waals surface area contributed by atoms with Crippen molar-refractivity contribution in [3.63, 3.8) is 0 Å². The summed E-state index contributed by atoms with van der Waals surface area (Å²) in [5.41, 5.74) is 1.52. The number of rotatable bonds is 3. The summed E-state index contributed by atoms with van der Waals surface area (Å²) in [6.07, 6.45) is 1.44. The van der Waals surface area contributed by atoms with Crippen molar-refractivity contribution in [3.8, 4) is 0 Å². The van der Waals surface area contributed by atoms with Crippen LogP contribution in [0.5, 0.6) is 0 Å². The number of carbonyl (C=O) groups excluding carboxylic acids is 2. The van der Waals surface area contributed by atoms with E-state index in [1.165, 1.54) is 6.92 Å². The van der Waals surface area contributed by atoms with Crippen molar-refractivity contribution >= 4 is 23.3 Å². The van der Waals surface area contributed by atoms with Gasteiger partial charge >= 0.3 is 0 Å². The Labute approximate surface area is 105 Å². The molecule has 1 atom stereocenters. The number of hydrogen-bond donors (Lipinski definition) is 1. The van der Waals surface area contributed by atoms with Gasteiger partial charge in [0, 0.05) is 23.0 Å². The molecule has 0 bridgehead atoms. The van der Waals surface area contributed by atoms with Crippen LogP contribution in [0, 0.1) is 5.92 Å². The number of carbonyl (C=O) groups is 2. The van der Waals surface area contributed by atoms with Crippen LogP contribution in [-0.4, -0.2) is 18.2 Å². The molecule has 0 radical (unpaired) electrons. The Morgan fingerprint density at radius 3 is 2.88 bits per heavy atom. The Balaban J connectivity index is 2.22. The summed E-state index contributed by atoms with van der Waals surface area (Å²) in [6.45, 7) is 2.25. The fourth-order valence-electron chi connectivity index (χ4n) is 2.06. The second-order valence-corrected chi connectivity index (χ2v) is 4.75. The molecule has 1 aliphatic heterocycles. The molecule has 1 aromatic rings. The minimum absolute atomic E-state index is 0.0128. The maximum absolute atomic E-state index is 11.5. The van der Waals surface area contributed by atoms with E-state index in [1.54, 1.807) is 18.2 Å². The lowest BCUT2D eigenvalue weighted by atomic mass is 9.96. The molecule has 17 heavy (non-hydrogen) atoms. The fourth-order valence-corrected chi connectivity index (χ4v) is 2.25. The zero-order valence-electron chi connectivity index (χ0n) is 9.63. The fraction of sp³-hybridized carbons (Fsp3) is 0.385. The normalized spacial score (nSPS) is 19.2. The molecular weight excluding hydrogens is 238 g/mol. The van der Waals surface area contributed by atoms with Gasteiger partial charge in [0.2, 0.25) is 5.91 Å². The molecule has 1 saturated heterocycles. The molecule has 1 heterocycles. The summed E-state index contributed by atoms with van der Waals surface area (Å²) in [5.74, 6) is 0.0720. The molecule has 0 spiro atoms. The zero-order chi connectivity index (χ0) is 12.4.